The van der Waals surface area contributed by atoms with Gasteiger partial charge in [-0.25, -0.2) is 4.79 Å². The Kier molecular flexibility index (Phi) is 26.0. The van der Waals surface area contributed by atoms with Crippen molar-refractivity contribution in [2.75, 3.05) is 26.2 Å². The molecular weight excluding hydrogens is 351 g/mol. The van der Waals surface area contributed by atoms with Crippen molar-refractivity contribution in [1.82, 2.24) is 10.2 Å². The van der Waals surface area contributed by atoms with Gasteiger partial charge in [-0.05, 0) is 59.2 Å². The zero-order valence-electron chi connectivity index (χ0n) is 13.5. The van der Waals surface area contributed by atoms with E-state index in [1.807, 2.05) is 6.92 Å². The van der Waals surface area contributed by atoms with Crippen molar-refractivity contribution in [3.63, 3.8) is 0 Å². The summed E-state index contributed by atoms with van der Waals surface area (Å²) in [6.07, 6.45) is 2.65. The molecule has 0 heterocycles. The molecule has 0 aromatic heterocycles. The minimum absolute atomic E-state index is 0. The number of nitrogens with two attached hydrogens (primary N) is 2. The van der Waals surface area contributed by atoms with Crippen LogP contribution in [0.2, 0.25) is 0 Å². The van der Waals surface area contributed by atoms with Crippen LogP contribution in [0, 0.1) is 0 Å². The van der Waals surface area contributed by atoms with E-state index in [0.29, 0.717) is 32.1 Å². The van der Waals surface area contributed by atoms with Crippen LogP contribution in [0.4, 0.5) is 4.79 Å². The summed E-state index contributed by atoms with van der Waals surface area (Å²) < 4.78 is 0. The summed E-state index contributed by atoms with van der Waals surface area (Å²) in [5.41, 5.74) is 10.9. The molecule has 138 valence electrons. The average molecular weight is 384 g/mol. The van der Waals surface area contributed by atoms with Crippen molar-refractivity contribution in [3.05, 3.63) is 0 Å². The molecule has 1 amide bonds. The lowest BCUT2D eigenvalue weighted by atomic mass is 10.2. The van der Waals surface area contributed by atoms with Gasteiger partial charge >= 0.3 is 6.09 Å². The lowest BCUT2D eigenvalue weighted by molar-refractivity contribution is 0.125. The fourth-order valence-electron chi connectivity index (χ4n) is 2.01. The SMILES string of the molecule is CC(CCN)NCCCCN(C(=O)O)C(C)CCN.Cl.Cl.Cl. The Balaban J connectivity index is -0.000000540. The van der Waals surface area contributed by atoms with E-state index < -0.39 is 6.09 Å². The van der Waals surface area contributed by atoms with Gasteiger partial charge < -0.3 is 26.8 Å². The Hall–Kier alpha value is 0.0200. The lowest BCUT2D eigenvalue weighted by Crippen LogP contribution is -2.39. The van der Waals surface area contributed by atoms with Gasteiger partial charge in [0.25, 0.3) is 0 Å². The summed E-state index contributed by atoms with van der Waals surface area (Å²) in [5.74, 6) is 0. The molecule has 0 rings (SSSR count). The van der Waals surface area contributed by atoms with Crippen molar-refractivity contribution in [3.8, 4) is 0 Å². The fourth-order valence-corrected chi connectivity index (χ4v) is 2.01. The van der Waals surface area contributed by atoms with Gasteiger partial charge in [0.1, 0.15) is 0 Å². The molecule has 0 aromatic carbocycles. The number of hydrogen-bond donors (Lipinski definition) is 4. The van der Waals surface area contributed by atoms with E-state index in [4.69, 9.17) is 16.6 Å². The highest BCUT2D eigenvalue weighted by Crippen LogP contribution is 2.05. The van der Waals surface area contributed by atoms with E-state index in [1.165, 1.54) is 4.90 Å². The second kappa shape index (κ2) is 19.1. The topological polar surface area (TPSA) is 105 Å². The monoisotopic (exact) mass is 382 g/mol. The standard InChI is InChI=1S/C13H30N4O2.3ClH/c1-11(5-7-14)16-9-3-4-10-17(13(18)19)12(2)6-8-15;;;/h11-12,16H,3-10,14-15H2,1-2H3,(H,18,19);3*1H. The van der Waals surface area contributed by atoms with Gasteiger partial charge in [0, 0.05) is 18.6 Å². The minimum atomic E-state index is -0.856. The second-order valence-electron chi connectivity index (χ2n) is 5.04. The lowest BCUT2D eigenvalue weighted by Gasteiger charge is -2.26. The van der Waals surface area contributed by atoms with Crippen molar-refractivity contribution >= 4 is 43.3 Å². The molecule has 22 heavy (non-hydrogen) atoms. The van der Waals surface area contributed by atoms with Crippen LogP contribution in [-0.4, -0.2) is 54.4 Å². The van der Waals surface area contributed by atoms with Crippen molar-refractivity contribution in [2.45, 2.75) is 51.6 Å². The highest BCUT2D eigenvalue weighted by molar-refractivity contribution is 5.86. The zero-order chi connectivity index (χ0) is 14.7. The molecule has 0 aliphatic carbocycles. The molecule has 0 aliphatic heterocycles. The quantitative estimate of drug-likeness (QED) is 0.409. The number of halogens is 3. The van der Waals surface area contributed by atoms with Gasteiger partial charge in [0.15, 0.2) is 0 Å². The summed E-state index contributed by atoms with van der Waals surface area (Å²) in [5, 5.41) is 12.5. The fraction of sp³-hybridized carbons (Fsp3) is 0.923. The van der Waals surface area contributed by atoms with Crippen LogP contribution in [0.15, 0.2) is 0 Å². The third kappa shape index (κ3) is 14.9. The van der Waals surface area contributed by atoms with Crippen LogP contribution in [0.25, 0.3) is 0 Å². The van der Waals surface area contributed by atoms with Crippen LogP contribution in [0.3, 0.4) is 0 Å². The molecule has 2 atom stereocenters. The molecule has 0 spiro atoms. The first-order valence-electron chi connectivity index (χ1n) is 7.16. The van der Waals surface area contributed by atoms with Crippen LogP contribution in [0.5, 0.6) is 0 Å². The molecule has 0 aliphatic rings. The van der Waals surface area contributed by atoms with Gasteiger partial charge in [0.2, 0.25) is 0 Å². The number of amides is 1. The number of rotatable bonds is 11. The van der Waals surface area contributed by atoms with E-state index in [-0.39, 0.29) is 43.3 Å². The van der Waals surface area contributed by atoms with Crippen molar-refractivity contribution < 1.29 is 9.90 Å². The normalized spacial score (nSPS) is 12.2. The Morgan fingerprint density at radius 3 is 2.09 bits per heavy atom. The molecule has 0 radical (unpaired) electrons. The maximum Gasteiger partial charge on any atom is 0.407 e. The van der Waals surface area contributed by atoms with Gasteiger partial charge in [0.05, 0.1) is 0 Å². The molecule has 9 heteroatoms. The first-order valence-corrected chi connectivity index (χ1v) is 7.16. The van der Waals surface area contributed by atoms with Gasteiger partial charge in [-0.15, -0.1) is 37.2 Å². The minimum Gasteiger partial charge on any atom is -0.465 e. The summed E-state index contributed by atoms with van der Waals surface area (Å²) >= 11 is 0. The van der Waals surface area contributed by atoms with Gasteiger partial charge in [-0.2, -0.15) is 0 Å². The molecule has 0 fully saturated rings. The molecule has 0 saturated carbocycles. The molecule has 6 N–H and O–H groups in total. The second-order valence-corrected chi connectivity index (χ2v) is 5.04. The number of nitrogens with one attached hydrogen (secondary N) is 1. The van der Waals surface area contributed by atoms with E-state index in [0.717, 1.165) is 25.8 Å². The highest BCUT2D eigenvalue weighted by Gasteiger charge is 2.17. The Bertz CT molecular complexity index is 251. The van der Waals surface area contributed by atoms with Crippen LogP contribution in [-0.2, 0) is 0 Å². The maximum atomic E-state index is 11.1. The molecular formula is C13H33Cl3N4O2. The predicted octanol–water partition coefficient (Wildman–Crippen LogP) is 2.08. The summed E-state index contributed by atoms with van der Waals surface area (Å²) in [6, 6.07) is 0.420. The Morgan fingerprint density at radius 2 is 1.64 bits per heavy atom. The van der Waals surface area contributed by atoms with Crippen LogP contribution in [0.1, 0.15) is 39.5 Å². The predicted molar refractivity (Wildman–Crippen MR) is 100.0 cm³/mol. The van der Waals surface area contributed by atoms with Crippen molar-refractivity contribution in [2.24, 2.45) is 11.5 Å². The number of carboxylic acid groups (broad SMARTS) is 1. The Morgan fingerprint density at radius 1 is 1.09 bits per heavy atom. The van der Waals surface area contributed by atoms with Crippen molar-refractivity contribution in [1.29, 1.82) is 0 Å². The summed E-state index contributed by atoms with van der Waals surface area (Å²) in [4.78, 5) is 12.6. The van der Waals surface area contributed by atoms with Crippen LogP contribution >= 0.6 is 37.2 Å². The number of nitrogens with zero attached hydrogens (tertiary/aromatic N) is 1. The molecule has 0 bridgehead atoms. The van der Waals surface area contributed by atoms with Gasteiger partial charge in [-0.1, -0.05) is 0 Å². The first kappa shape index (κ1) is 30.0. The molecule has 0 saturated heterocycles. The third-order valence-electron chi connectivity index (χ3n) is 3.28. The number of unbranched alkanes of at least 4 members (excludes halogenated alkanes) is 1. The first-order chi connectivity index (χ1) is 9.02. The molecule has 0 aromatic rings. The van der Waals surface area contributed by atoms with E-state index in [2.05, 4.69) is 12.2 Å². The van der Waals surface area contributed by atoms with E-state index >= 15 is 0 Å². The molecule has 2 unspecified atom stereocenters. The average Bonchev–Trinajstić information content (AvgIpc) is 2.33. The molecule has 6 nitrogen and oxygen atoms in total. The third-order valence-corrected chi connectivity index (χ3v) is 3.28. The zero-order valence-corrected chi connectivity index (χ0v) is 15.9. The van der Waals surface area contributed by atoms with E-state index in [1.54, 1.807) is 0 Å². The summed E-state index contributed by atoms with van der Waals surface area (Å²) in [6.45, 7) is 6.70. The largest absolute Gasteiger partial charge is 0.465 e. The number of carbonyl (C=O) groups is 1. The summed E-state index contributed by atoms with van der Waals surface area (Å²) in [7, 11) is 0. The smallest absolute Gasteiger partial charge is 0.407 e. The van der Waals surface area contributed by atoms with Crippen LogP contribution < -0.4 is 16.8 Å². The van der Waals surface area contributed by atoms with Gasteiger partial charge in [-0.3, -0.25) is 0 Å². The highest BCUT2D eigenvalue weighted by atomic mass is 35.5. The Labute approximate surface area is 153 Å². The maximum absolute atomic E-state index is 11.1. The van der Waals surface area contributed by atoms with E-state index in [9.17, 15) is 4.79 Å². The number of hydrogen-bond acceptors (Lipinski definition) is 4.